The number of hydrogen-bond acceptors (Lipinski definition) is 4. The van der Waals surface area contributed by atoms with Crippen LogP contribution in [0.1, 0.15) is 5.56 Å². The first-order valence-corrected chi connectivity index (χ1v) is 8.77. The summed E-state index contributed by atoms with van der Waals surface area (Å²) in [5.41, 5.74) is 1.01. The van der Waals surface area contributed by atoms with Gasteiger partial charge < -0.3 is 10.1 Å². The van der Waals surface area contributed by atoms with Crippen LogP contribution in [-0.4, -0.2) is 51.5 Å². The van der Waals surface area contributed by atoms with Crippen LogP contribution in [0.15, 0.2) is 29.2 Å². The van der Waals surface area contributed by atoms with Crippen LogP contribution in [-0.2, 0) is 19.6 Å². The molecule has 2 fully saturated rings. The van der Waals surface area contributed by atoms with E-state index in [0.29, 0.717) is 19.7 Å². The SMILES string of the molecule is CNC(=O)[C@H]1CO[C@@H]2CN(S(=O)(=O)c3ccc(C)cc3)C[C@H]12. The number of nitrogens with zero attached hydrogens (tertiary/aromatic N) is 1. The van der Waals surface area contributed by atoms with Crippen LogP contribution >= 0.6 is 0 Å². The zero-order chi connectivity index (χ0) is 15.9. The number of nitrogens with one attached hydrogen (secondary N) is 1. The Hall–Kier alpha value is -1.44. The van der Waals surface area contributed by atoms with E-state index in [1.54, 1.807) is 31.3 Å². The van der Waals surface area contributed by atoms with Crippen LogP contribution in [0.4, 0.5) is 0 Å². The highest BCUT2D eigenvalue weighted by Crippen LogP contribution is 2.36. The quantitative estimate of drug-likeness (QED) is 0.872. The molecule has 0 aliphatic carbocycles. The van der Waals surface area contributed by atoms with Gasteiger partial charge in [-0.3, -0.25) is 4.79 Å². The molecule has 1 amide bonds. The second-order valence-corrected chi connectivity index (χ2v) is 7.83. The molecule has 2 saturated heterocycles. The molecule has 7 heteroatoms. The molecule has 1 N–H and O–H groups in total. The zero-order valence-electron chi connectivity index (χ0n) is 12.7. The number of hydrogen-bond donors (Lipinski definition) is 1. The highest BCUT2D eigenvalue weighted by molar-refractivity contribution is 7.89. The molecule has 2 aliphatic rings. The van der Waals surface area contributed by atoms with E-state index in [2.05, 4.69) is 5.32 Å². The molecule has 1 aromatic carbocycles. The lowest BCUT2D eigenvalue weighted by molar-refractivity contribution is -0.125. The van der Waals surface area contributed by atoms with Crippen molar-refractivity contribution in [1.82, 2.24) is 9.62 Å². The second kappa shape index (κ2) is 5.64. The summed E-state index contributed by atoms with van der Waals surface area (Å²) in [5.74, 6) is -0.421. The summed E-state index contributed by atoms with van der Waals surface area (Å²) in [7, 11) is -1.94. The van der Waals surface area contributed by atoms with Gasteiger partial charge in [0.1, 0.15) is 0 Å². The van der Waals surface area contributed by atoms with Crippen molar-refractivity contribution < 1.29 is 17.9 Å². The molecular formula is C15H20N2O4S. The molecule has 0 saturated carbocycles. The molecule has 0 bridgehead atoms. The summed E-state index contributed by atoms with van der Waals surface area (Å²) in [6, 6.07) is 6.81. The fraction of sp³-hybridized carbons (Fsp3) is 0.533. The molecular weight excluding hydrogens is 304 g/mol. The normalized spacial score (nSPS) is 28.5. The van der Waals surface area contributed by atoms with E-state index < -0.39 is 10.0 Å². The Morgan fingerprint density at radius 2 is 1.95 bits per heavy atom. The number of rotatable bonds is 3. The number of benzene rings is 1. The van der Waals surface area contributed by atoms with E-state index in [0.717, 1.165) is 5.56 Å². The first kappa shape index (κ1) is 15.5. The smallest absolute Gasteiger partial charge is 0.243 e. The summed E-state index contributed by atoms with van der Waals surface area (Å²) in [6.07, 6.45) is -0.192. The summed E-state index contributed by atoms with van der Waals surface area (Å²) < 4.78 is 32.4. The van der Waals surface area contributed by atoms with Crippen LogP contribution in [0, 0.1) is 18.8 Å². The van der Waals surface area contributed by atoms with E-state index >= 15 is 0 Å². The first-order valence-electron chi connectivity index (χ1n) is 7.33. The van der Waals surface area contributed by atoms with Crippen molar-refractivity contribution in [3.63, 3.8) is 0 Å². The largest absolute Gasteiger partial charge is 0.376 e. The second-order valence-electron chi connectivity index (χ2n) is 5.89. The van der Waals surface area contributed by atoms with E-state index in [9.17, 15) is 13.2 Å². The van der Waals surface area contributed by atoms with Crippen LogP contribution in [0.3, 0.4) is 0 Å². The van der Waals surface area contributed by atoms with Crippen molar-refractivity contribution >= 4 is 15.9 Å². The van der Waals surface area contributed by atoms with Gasteiger partial charge in [0.25, 0.3) is 0 Å². The van der Waals surface area contributed by atoms with Gasteiger partial charge in [0, 0.05) is 26.1 Å². The molecule has 0 aromatic heterocycles. The lowest BCUT2D eigenvalue weighted by Crippen LogP contribution is -2.36. The fourth-order valence-corrected chi connectivity index (χ4v) is 4.68. The molecule has 6 nitrogen and oxygen atoms in total. The number of fused-ring (bicyclic) bond motifs is 1. The molecule has 2 heterocycles. The van der Waals surface area contributed by atoms with E-state index in [4.69, 9.17) is 4.74 Å². The summed E-state index contributed by atoms with van der Waals surface area (Å²) in [4.78, 5) is 12.1. The van der Waals surface area contributed by atoms with Crippen molar-refractivity contribution in [2.75, 3.05) is 26.7 Å². The Bertz CT molecular complexity index is 671. The fourth-order valence-electron chi connectivity index (χ4n) is 3.19. The van der Waals surface area contributed by atoms with Crippen molar-refractivity contribution in [3.8, 4) is 0 Å². The standard InChI is InChI=1S/C15H20N2O4S/c1-10-3-5-11(6-4-10)22(19,20)17-7-12-13(15(18)16-2)9-21-14(12)8-17/h3-6,12-14H,7-9H2,1-2H3,(H,16,18)/t12-,13+,14-/m1/s1. The van der Waals surface area contributed by atoms with Gasteiger partial charge >= 0.3 is 0 Å². The van der Waals surface area contributed by atoms with Crippen LogP contribution < -0.4 is 5.32 Å². The molecule has 2 aliphatic heterocycles. The minimum absolute atomic E-state index is 0.0693. The molecule has 3 rings (SSSR count). The molecule has 22 heavy (non-hydrogen) atoms. The van der Waals surface area contributed by atoms with Gasteiger partial charge in [0.2, 0.25) is 15.9 Å². The van der Waals surface area contributed by atoms with Gasteiger partial charge in [-0.05, 0) is 19.1 Å². The molecule has 120 valence electrons. The van der Waals surface area contributed by atoms with Crippen LogP contribution in [0.5, 0.6) is 0 Å². The molecule has 0 spiro atoms. The van der Waals surface area contributed by atoms with Crippen molar-refractivity contribution in [3.05, 3.63) is 29.8 Å². The minimum Gasteiger partial charge on any atom is -0.376 e. The summed E-state index contributed by atoms with van der Waals surface area (Å²) >= 11 is 0. The average molecular weight is 324 g/mol. The van der Waals surface area contributed by atoms with Crippen molar-refractivity contribution in [2.45, 2.75) is 17.9 Å². The predicted molar refractivity (Wildman–Crippen MR) is 80.7 cm³/mol. The van der Waals surface area contributed by atoms with Crippen molar-refractivity contribution in [2.24, 2.45) is 11.8 Å². The van der Waals surface area contributed by atoms with Crippen LogP contribution in [0.2, 0.25) is 0 Å². The van der Waals surface area contributed by atoms with Gasteiger partial charge in [-0.1, -0.05) is 17.7 Å². The monoisotopic (exact) mass is 324 g/mol. The zero-order valence-corrected chi connectivity index (χ0v) is 13.5. The van der Waals surface area contributed by atoms with E-state index in [1.807, 2.05) is 6.92 Å². The summed E-state index contributed by atoms with van der Waals surface area (Å²) in [6.45, 7) is 2.93. The van der Waals surface area contributed by atoms with Gasteiger partial charge in [-0.2, -0.15) is 4.31 Å². The third-order valence-electron chi connectivity index (χ3n) is 4.52. The van der Waals surface area contributed by atoms with Gasteiger partial charge in [-0.25, -0.2) is 8.42 Å². The maximum atomic E-state index is 12.7. The van der Waals surface area contributed by atoms with Gasteiger partial charge in [0.15, 0.2) is 0 Å². The Balaban J connectivity index is 1.80. The van der Waals surface area contributed by atoms with Crippen LogP contribution in [0.25, 0.3) is 0 Å². The summed E-state index contributed by atoms with van der Waals surface area (Å²) in [5, 5.41) is 2.62. The van der Waals surface area contributed by atoms with E-state index in [-0.39, 0.29) is 28.7 Å². The van der Waals surface area contributed by atoms with Gasteiger partial charge in [0.05, 0.1) is 23.5 Å². The first-order chi connectivity index (χ1) is 10.4. The minimum atomic E-state index is -3.53. The van der Waals surface area contributed by atoms with E-state index in [1.165, 1.54) is 4.31 Å². The third kappa shape index (κ3) is 2.53. The number of ether oxygens (including phenoxy) is 1. The molecule has 1 aromatic rings. The van der Waals surface area contributed by atoms with Crippen molar-refractivity contribution in [1.29, 1.82) is 0 Å². The average Bonchev–Trinajstić information content (AvgIpc) is 3.07. The third-order valence-corrected chi connectivity index (χ3v) is 6.37. The maximum Gasteiger partial charge on any atom is 0.243 e. The maximum absolute atomic E-state index is 12.7. The lowest BCUT2D eigenvalue weighted by atomic mass is 9.92. The topological polar surface area (TPSA) is 75.7 Å². The Labute approximate surface area is 130 Å². The number of carbonyl (C=O) groups excluding carboxylic acids is 1. The molecule has 0 radical (unpaired) electrons. The Kier molecular flexibility index (Phi) is 3.96. The molecule has 3 atom stereocenters. The lowest BCUT2D eigenvalue weighted by Gasteiger charge is -2.19. The van der Waals surface area contributed by atoms with Gasteiger partial charge in [-0.15, -0.1) is 0 Å². The number of aryl methyl sites for hydroxylation is 1. The highest BCUT2D eigenvalue weighted by atomic mass is 32.2. The number of amides is 1. The molecule has 0 unspecified atom stereocenters. The predicted octanol–water partition coefficient (Wildman–Crippen LogP) is 0.377. The Morgan fingerprint density at radius 1 is 1.27 bits per heavy atom. The number of carbonyl (C=O) groups is 1. The number of sulfonamides is 1. The Morgan fingerprint density at radius 3 is 2.59 bits per heavy atom. The highest BCUT2D eigenvalue weighted by Gasteiger charge is 2.49.